The molecule has 146 valence electrons. The molecule has 0 spiro atoms. The first-order chi connectivity index (χ1) is 12.8. The number of benzene rings is 1. The maximum absolute atomic E-state index is 13.2. The van der Waals surface area contributed by atoms with Crippen LogP contribution in [0.25, 0.3) is 0 Å². The van der Waals surface area contributed by atoms with Gasteiger partial charge in [0.1, 0.15) is 17.7 Å². The Morgan fingerprint density at radius 2 is 1.89 bits per heavy atom. The number of nitrogens with zero attached hydrogens (tertiary/aromatic N) is 1. The second-order valence-electron chi connectivity index (χ2n) is 9.18. The Labute approximate surface area is 161 Å². The van der Waals surface area contributed by atoms with E-state index in [0.29, 0.717) is 12.5 Å². The summed E-state index contributed by atoms with van der Waals surface area (Å²) in [4.78, 5) is 28.3. The van der Waals surface area contributed by atoms with Crippen LogP contribution >= 0.6 is 0 Å². The normalized spacial score (nSPS) is 32.3. The molecule has 5 heteroatoms. The average molecular weight is 371 g/mol. The van der Waals surface area contributed by atoms with Crippen molar-refractivity contribution in [1.29, 1.82) is 0 Å². The van der Waals surface area contributed by atoms with Gasteiger partial charge in [-0.15, -0.1) is 0 Å². The summed E-state index contributed by atoms with van der Waals surface area (Å²) in [5, 5.41) is 0. The van der Waals surface area contributed by atoms with Gasteiger partial charge in [-0.1, -0.05) is 30.3 Å². The number of carbonyl (C=O) groups is 2. The standard InChI is InChI=1S/C22H29NO4/c1-21(2,3)27-19(24)17-13-22(12-11-16-9-10-18(17)23(16)22)20(25)26-14-15-7-5-4-6-8-15/h4-8,16-18H,9-14H2,1-3H3/t16-,17?,18+,22-/m0/s1. The van der Waals surface area contributed by atoms with Crippen molar-refractivity contribution in [3.05, 3.63) is 35.9 Å². The number of hydrogen-bond acceptors (Lipinski definition) is 5. The van der Waals surface area contributed by atoms with Gasteiger partial charge in [-0.05, 0) is 58.4 Å². The zero-order valence-electron chi connectivity index (χ0n) is 16.4. The summed E-state index contributed by atoms with van der Waals surface area (Å²) in [5.41, 5.74) is -0.179. The van der Waals surface area contributed by atoms with Crippen LogP contribution in [0.3, 0.4) is 0 Å². The number of hydrogen-bond donors (Lipinski definition) is 0. The van der Waals surface area contributed by atoms with Gasteiger partial charge in [0.05, 0.1) is 5.92 Å². The molecule has 4 atom stereocenters. The molecule has 0 radical (unpaired) electrons. The van der Waals surface area contributed by atoms with Gasteiger partial charge in [-0.2, -0.15) is 0 Å². The molecule has 0 bridgehead atoms. The SMILES string of the molecule is CC(C)(C)OC(=O)C1C[C@]2(C(=O)OCc3ccccc3)CC[C@@H]3CC[C@H]1N32. The number of esters is 2. The molecule has 3 fully saturated rings. The molecule has 0 aliphatic carbocycles. The smallest absolute Gasteiger partial charge is 0.326 e. The predicted octanol–water partition coefficient (Wildman–Crippen LogP) is 3.46. The molecular weight excluding hydrogens is 342 g/mol. The van der Waals surface area contributed by atoms with Gasteiger partial charge in [0.2, 0.25) is 0 Å². The summed E-state index contributed by atoms with van der Waals surface area (Å²) in [6.45, 7) is 5.95. The van der Waals surface area contributed by atoms with E-state index in [1.807, 2.05) is 51.1 Å². The highest BCUT2D eigenvalue weighted by Crippen LogP contribution is 2.55. The van der Waals surface area contributed by atoms with Crippen LogP contribution in [0.5, 0.6) is 0 Å². The van der Waals surface area contributed by atoms with E-state index in [1.165, 1.54) is 0 Å². The largest absolute Gasteiger partial charge is 0.460 e. The molecule has 4 rings (SSSR count). The fraction of sp³-hybridized carbons (Fsp3) is 0.636. The van der Waals surface area contributed by atoms with Crippen LogP contribution in [-0.2, 0) is 25.7 Å². The molecule has 27 heavy (non-hydrogen) atoms. The van der Waals surface area contributed by atoms with Crippen molar-refractivity contribution < 1.29 is 19.1 Å². The van der Waals surface area contributed by atoms with Crippen LogP contribution < -0.4 is 0 Å². The number of carbonyl (C=O) groups excluding carboxylic acids is 2. The van der Waals surface area contributed by atoms with Gasteiger partial charge in [0.25, 0.3) is 0 Å². The van der Waals surface area contributed by atoms with E-state index in [1.54, 1.807) is 0 Å². The third-order valence-electron chi connectivity index (χ3n) is 6.26. The van der Waals surface area contributed by atoms with E-state index in [-0.39, 0.29) is 30.5 Å². The quantitative estimate of drug-likeness (QED) is 0.759. The van der Waals surface area contributed by atoms with Crippen molar-refractivity contribution in [2.24, 2.45) is 5.92 Å². The Bertz CT molecular complexity index is 726. The molecule has 1 unspecified atom stereocenters. The zero-order valence-corrected chi connectivity index (χ0v) is 16.4. The molecule has 1 aromatic carbocycles. The summed E-state index contributed by atoms with van der Waals surface area (Å²) in [5.74, 6) is -0.580. The molecule has 0 saturated carbocycles. The van der Waals surface area contributed by atoms with Gasteiger partial charge in [-0.3, -0.25) is 14.5 Å². The minimum absolute atomic E-state index is 0.108. The topological polar surface area (TPSA) is 55.8 Å². The van der Waals surface area contributed by atoms with Crippen LogP contribution in [0.15, 0.2) is 30.3 Å². The van der Waals surface area contributed by atoms with E-state index in [0.717, 1.165) is 31.2 Å². The van der Waals surface area contributed by atoms with Gasteiger partial charge in [0.15, 0.2) is 0 Å². The van der Waals surface area contributed by atoms with Crippen molar-refractivity contribution in [2.45, 2.75) is 82.7 Å². The van der Waals surface area contributed by atoms with Gasteiger partial charge in [0, 0.05) is 12.1 Å². The van der Waals surface area contributed by atoms with Crippen molar-refractivity contribution in [3.63, 3.8) is 0 Å². The highest BCUT2D eigenvalue weighted by Gasteiger charge is 2.66. The molecule has 3 aliphatic heterocycles. The third-order valence-corrected chi connectivity index (χ3v) is 6.26. The molecule has 0 N–H and O–H groups in total. The average Bonchev–Trinajstić information content (AvgIpc) is 3.27. The lowest BCUT2D eigenvalue weighted by molar-refractivity contribution is -0.160. The molecule has 5 nitrogen and oxygen atoms in total. The van der Waals surface area contributed by atoms with Gasteiger partial charge >= 0.3 is 11.9 Å². The van der Waals surface area contributed by atoms with Crippen molar-refractivity contribution in [2.75, 3.05) is 0 Å². The Kier molecular flexibility index (Phi) is 4.53. The first-order valence-electron chi connectivity index (χ1n) is 10.0. The minimum atomic E-state index is -0.651. The summed E-state index contributed by atoms with van der Waals surface area (Å²) in [6.07, 6.45) is 4.33. The maximum Gasteiger partial charge on any atom is 0.326 e. The summed E-state index contributed by atoms with van der Waals surface area (Å²) < 4.78 is 11.4. The van der Waals surface area contributed by atoms with E-state index in [9.17, 15) is 9.59 Å². The van der Waals surface area contributed by atoms with E-state index in [4.69, 9.17) is 9.47 Å². The Balaban J connectivity index is 1.52. The van der Waals surface area contributed by atoms with E-state index in [2.05, 4.69) is 4.90 Å². The monoisotopic (exact) mass is 371 g/mol. The summed E-state index contributed by atoms with van der Waals surface area (Å²) in [7, 11) is 0. The Hall–Kier alpha value is -1.88. The van der Waals surface area contributed by atoms with Crippen LogP contribution in [-0.4, -0.2) is 40.1 Å². The minimum Gasteiger partial charge on any atom is -0.460 e. The lowest BCUT2D eigenvalue weighted by atomic mass is 9.88. The van der Waals surface area contributed by atoms with Crippen LogP contribution in [0.1, 0.15) is 58.4 Å². The summed E-state index contributed by atoms with van der Waals surface area (Å²) in [6, 6.07) is 10.2. The first-order valence-corrected chi connectivity index (χ1v) is 10.0. The van der Waals surface area contributed by atoms with Crippen molar-refractivity contribution >= 4 is 11.9 Å². The fourth-order valence-electron chi connectivity index (χ4n) is 5.27. The molecule has 1 aromatic rings. The highest BCUT2D eigenvalue weighted by molar-refractivity contribution is 5.85. The predicted molar refractivity (Wildman–Crippen MR) is 101 cm³/mol. The second kappa shape index (κ2) is 6.62. The molecule has 0 aromatic heterocycles. The van der Waals surface area contributed by atoms with Gasteiger partial charge in [-0.25, -0.2) is 0 Å². The lowest BCUT2D eigenvalue weighted by Crippen LogP contribution is -2.49. The molecule has 0 amide bonds. The Morgan fingerprint density at radius 1 is 1.15 bits per heavy atom. The van der Waals surface area contributed by atoms with Crippen LogP contribution in [0.2, 0.25) is 0 Å². The first kappa shape index (κ1) is 18.5. The molecule has 3 heterocycles. The van der Waals surface area contributed by atoms with E-state index < -0.39 is 11.1 Å². The zero-order chi connectivity index (χ0) is 19.2. The highest BCUT2D eigenvalue weighted by atomic mass is 16.6. The lowest BCUT2D eigenvalue weighted by Gasteiger charge is -2.32. The fourth-order valence-corrected chi connectivity index (χ4v) is 5.27. The molecule has 3 saturated heterocycles. The van der Waals surface area contributed by atoms with Gasteiger partial charge < -0.3 is 9.47 Å². The number of ether oxygens (including phenoxy) is 2. The molecule has 3 aliphatic rings. The third kappa shape index (κ3) is 3.27. The Morgan fingerprint density at radius 3 is 2.59 bits per heavy atom. The summed E-state index contributed by atoms with van der Waals surface area (Å²) >= 11 is 0. The van der Waals surface area contributed by atoms with Crippen molar-refractivity contribution in [1.82, 2.24) is 4.90 Å². The van der Waals surface area contributed by atoms with E-state index >= 15 is 0 Å². The van der Waals surface area contributed by atoms with Crippen molar-refractivity contribution in [3.8, 4) is 0 Å². The maximum atomic E-state index is 13.2. The number of rotatable bonds is 4. The van der Waals surface area contributed by atoms with Crippen LogP contribution in [0, 0.1) is 5.92 Å². The molecular formula is C22H29NO4. The second-order valence-corrected chi connectivity index (χ2v) is 9.18. The van der Waals surface area contributed by atoms with Crippen LogP contribution in [0.4, 0.5) is 0 Å².